The van der Waals surface area contributed by atoms with Crippen molar-refractivity contribution in [1.82, 2.24) is 30.0 Å². The van der Waals surface area contributed by atoms with E-state index < -0.39 is 0 Å². The normalized spacial score (nSPS) is 18.8. The molecule has 1 aliphatic heterocycles. The van der Waals surface area contributed by atoms with Crippen LogP contribution in [-0.2, 0) is 0 Å². The van der Waals surface area contributed by atoms with E-state index in [1.165, 1.54) is 6.42 Å². The smallest absolute Gasteiger partial charge is 0.181 e. The van der Waals surface area contributed by atoms with Gasteiger partial charge in [-0.25, -0.2) is 9.97 Å². The van der Waals surface area contributed by atoms with Gasteiger partial charge in [-0.15, -0.1) is 0 Å². The molecule has 3 aromatic rings. The van der Waals surface area contributed by atoms with Crippen molar-refractivity contribution in [3.05, 3.63) is 30.7 Å². The molecule has 26 heavy (non-hydrogen) atoms. The third kappa shape index (κ3) is 3.26. The van der Waals surface area contributed by atoms with Gasteiger partial charge in [-0.05, 0) is 31.5 Å². The molecule has 0 radical (unpaired) electrons. The molecule has 0 aromatic carbocycles. The quantitative estimate of drug-likeness (QED) is 0.779. The van der Waals surface area contributed by atoms with Crippen LogP contribution in [0.25, 0.3) is 22.4 Å². The molecule has 0 unspecified atom stereocenters. The summed E-state index contributed by atoms with van der Waals surface area (Å²) in [7, 11) is 2.22. The predicted molar refractivity (Wildman–Crippen MR) is 103 cm³/mol. The molecule has 1 aliphatic rings. The molecule has 1 atom stereocenters. The lowest BCUT2D eigenvalue weighted by Gasteiger charge is -2.40. The second kappa shape index (κ2) is 6.99. The van der Waals surface area contributed by atoms with Crippen molar-refractivity contribution in [2.24, 2.45) is 5.92 Å². The first-order chi connectivity index (χ1) is 12.6. The number of hydrogen-bond donors (Lipinski definition) is 1. The van der Waals surface area contributed by atoms with Gasteiger partial charge in [-0.2, -0.15) is 5.10 Å². The highest BCUT2D eigenvalue weighted by Gasteiger charge is 2.26. The van der Waals surface area contributed by atoms with E-state index in [1.54, 1.807) is 12.4 Å². The molecule has 1 fully saturated rings. The molecule has 0 amide bonds. The minimum atomic E-state index is 0.548. The Morgan fingerprint density at radius 3 is 3.00 bits per heavy atom. The first-order valence-electron chi connectivity index (χ1n) is 9.18. The third-order valence-electron chi connectivity index (χ3n) is 5.05. The fourth-order valence-corrected chi connectivity index (χ4v) is 3.63. The summed E-state index contributed by atoms with van der Waals surface area (Å²) in [5.41, 5.74) is 2.37. The molecule has 1 saturated heterocycles. The maximum absolute atomic E-state index is 4.87. The van der Waals surface area contributed by atoms with Crippen LogP contribution in [0.5, 0.6) is 0 Å². The van der Waals surface area contributed by atoms with Gasteiger partial charge in [0.15, 0.2) is 5.65 Å². The monoisotopic (exact) mass is 351 g/mol. The van der Waals surface area contributed by atoms with Crippen molar-refractivity contribution in [3.8, 4) is 11.4 Å². The zero-order valence-electron chi connectivity index (χ0n) is 15.6. The molecule has 7 heteroatoms. The van der Waals surface area contributed by atoms with Crippen LogP contribution in [0.3, 0.4) is 0 Å². The van der Waals surface area contributed by atoms with Gasteiger partial charge in [0.25, 0.3) is 0 Å². The van der Waals surface area contributed by atoms with Crippen LogP contribution in [0.1, 0.15) is 20.3 Å². The zero-order valence-corrected chi connectivity index (χ0v) is 15.6. The number of fused-ring (bicyclic) bond motifs is 1. The van der Waals surface area contributed by atoms with Crippen LogP contribution in [0.4, 0.5) is 5.82 Å². The first kappa shape index (κ1) is 16.9. The SMILES string of the molecule is CC(C)C[C@H]1CN(c2cncc(-c3[nH]nc4ncccc34)n2)CCN1C. The number of pyridine rings is 1. The van der Waals surface area contributed by atoms with Crippen LogP contribution in [-0.4, -0.2) is 62.8 Å². The summed E-state index contributed by atoms with van der Waals surface area (Å²) in [5, 5.41) is 8.30. The van der Waals surface area contributed by atoms with Crippen LogP contribution < -0.4 is 4.90 Å². The molecule has 4 heterocycles. The Bertz CT molecular complexity index is 888. The highest BCUT2D eigenvalue weighted by Crippen LogP contribution is 2.26. The van der Waals surface area contributed by atoms with Crippen molar-refractivity contribution in [2.75, 3.05) is 31.6 Å². The molecule has 136 valence electrons. The average molecular weight is 351 g/mol. The van der Waals surface area contributed by atoms with Gasteiger partial charge >= 0.3 is 0 Å². The summed E-state index contributed by atoms with van der Waals surface area (Å²) in [6.45, 7) is 7.56. The van der Waals surface area contributed by atoms with E-state index in [1.807, 2.05) is 18.3 Å². The second-order valence-electron chi connectivity index (χ2n) is 7.45. The third-order valence-corrected chi connectivity index (χ3v) is 5.05. The maximum Gasteiger partial charge on any atom is 0.181 e. The lowest BCUT2D eigenvalue weighted by atomic mass is 10.0. The van der Waals surface area contributed by atoms with Crippen molar-refractivity contribution >= 4 is 16.9 Å². The Balaban J connectivity index is 1.61. The van der Waals surface area contributed by atoms with E-state index in [9.17, 15) is 0 Å². The summed E-state index contributed by atoms with van der Waals surface area (Å²) in [5.74, 6) is 1.61. The van der Waals surface area contributed by atoms with E-state index >= 15 is 0 Å². The Kier molecular flexibility index (Phi) is 4.55. The number of likely N-dealkylation sites (N-methyl/N-ethyl adjacent to an activating group) is 1. The van der Waals surface area contributed by atoms with Crippen molar-refractivity contribution in [2.45, 2.75) is 26.3 Å². The van der Waals surface area contributed by atoms with E-state index in [-0.39, 0.29) is 0 Å². The molecule has 0 spiro atoms. The minimum absolute atomic E-state index is 0.548. The van der Waals surface area contributed by atoms with Crippen LogP contribution in [0.15, 0.2) is 30.7 Å². The Hall–Kier alpha value is -2.54. The molecular formula is C19H25N7. The molecule has 0 aliphatic carbocycles. The average Bonchev–Trinajstić information content (AvgIpc) is 3.07. The fraction of sp³-hybridized carbons (Fsp3) is 0.474. The summed E-state index contributed by atoms with van der Waals surface area (Å²) in [4.78, 5) is 18.4. The summed E-state index contributed by atoms with van der Waals surface area (Å²) < 4.78 is 0. The molecule has 0 bridgehead atoms. The van der Waals surface area contributed by atoms with Gasteiger partial charge in [0.2, 0.25) is 0 Å². The number of rotatable bonds is 4. The van der Waals surface area contributed by atoms with Crippen molar-refractivity contribution < 1.29 is 0 Å². The Labute approximate surface area is 153 Å². The van der Waals surface area contributed by atoms with Crippen molar-refractivity contribution in [1.29, 1.82) is 0 Å². The molecule has 7 nitrogen and oxygen atoms in total. The number of aromatic amines is 1. The summed E-state index contributed by atoms with van der Waals surface area (Å²) in [6, 6.07) is 4.46. The topological polar surface area (TPSA) is 73.8 Å². The number of nitrogens with zero attached hydrogens (tertiary/aromatic N) is 6. The van der Waals surface area contributed by atoms with Gasteiger partial charge in [-0.1, -0.05) is 13.8 Å². The largest absolute Gasteiger partial charge is 0.352 e. The number of nitrogens with one attached hydrogen (secondary N) is 1. The number of aromatic nitrogens is 5. The highest BCUT2D eigenvalue weighted by molar-refractivity contribution is 5.89. The van der Waals surface area contributed by atoms with Crippen LogP contribution in [0, 0.1) is 5.92 Å². The van der Waals surface area contributed by atoms with E-state index in [2.05, 4.69) is 50.9 Å². The summed E-state index contributed by atoms with van der Waals surface area (Å²) in [6.07, 6.45) is 6.58. The lowest BCUT2D eigenvalue weighted by Crippen LogP contribution is -2.52. The van der Waals surface area contributed by atoms with Gasteiger partial charge in [0, 0.05) is 37.3 Å². The van der Waals surface area contributed by atoms with Gasteiger partial charge in [-0.3, -0.25) is 15.0 Å². The first-order valence-corrected chi connectivity index (χ1v) is 9.18. The van der Waals surface area contributed by atoms with Gasteiger partial charge in [0.1, 0.15) is 11.5 Å². The fourth-order valence-electron chi connectivity index (χ4n) is 3.63. The van der Waals surface area contributed by atoms with E-state index in [0.717, 1.165) is 42.2 Å². The minimum Gasteiger partial charge on any atom is -0.352 e. The standard InChI is InChI=1S/C19H25N7/c1-13(2)9-14-12-26(8-7-25(14)3)17-11-20-10-16(22-17)18-15-5-4-6-21-19(15)24-23-18/h4-6,10-11,13-14H,7-9,12H2,1-3H3,(H,21,23,24)/t14-/m0/s1. The molecule has 0 saturated carbocycles. The lowest BCUT2D eigenvalue weighted by molar-refractivity contribution is 0.192. The van der Waals surface area contributed by atoms with Crippen LogP contribution >= 0.6 is 0 Å². The van der Waals surface area contributed by atoms with Gasteiger partial charge in [0.05, 0.1) is 18.1 Å². The van der Waals surface area contributed by atoms with Gasteiger partial charge < -0.3 is 4.90 Å². The second-order valence-corrected chi connectivity index (χ2v) is 7.45. The molecule has 3 aromatic heterocycles. The number of anilines is 1. The molecular weight excluding hydrogens is 326 g/mol. The number of hydrogen-bond acceptors (Lipinski definition) is 6. The summed E-state index contributed by atoms with van der Waals surface area (Å²) >= 11 is 0. The zero-order chi connectivity index (χ0) is 18.1. The Morgan fingerprint density at radius 1 is 1.27 bits per heavy atom. The molecule has 4 rings (SSSR count). The van der Waals surface area contributed by atoms with E-state index in [4.69, 9.17) is 4.98 Å². The van der Waals surface area contributed by atoms with E-state index in [0.29, 0.717) is 17.6 Å². The number of H-pyrrole nitrogens is 1. The van der Waals surface area contributed by atoms with Crippen LogP contribution in [0.2, 0.25) is 0 Å². The maximum atomic E-state index is 4.87. The molecule has 1 N–H and O–H groups in total. The highest BCUT2D eigenvalue weighted by atomic mass is 15.3. The predicted octanol–water partition coefficient (Wildman–Crippen LogP) is 2.58. The van der Waals surface area contributed by atoms with Crippen molar-refractivity contribution in [3.63, 3.8) is 0 Å². The number of piperazine rings is 1. The Morgan fingerprint density at radius 2 is 2.15 bits per heavy atom.